The Bertz CT molecular complexity index is 1100. The second-order valence-corrected chi connectivity index (χ2v) is 10.8. The molecule has 2 saturated heterocycles. The highest BCUT2D eigenvalue weighted by atomic mass is 19.1. The van der Waals surface area contributed by atoms with Crippen LogP contribution < -0.4 is 15.2 Å². The maximum Gasteiger partial charge on any atom is 0.272 e. The first-order valence-electron chi connectivity index (χ1n) is 12.6. The minimum Gasteiger partial charge on any atom is -0.365 e. The topological polar surface area (TPSA) is 64.9 Å². The van der Waals surface area contributed by atoms with Gasteiger partial charge in [0.05, 0.1) is 48.2 Å². The molecule has 0 spiro atoms. The summed E-state index contributed by atoms with van der Waals surface area (Å²) >= 11 is 0. The van der Waals surface area contributed by atoms with Crippen molar-refractivity contribution in [3.63, 3.8) is 0 Å². The zero-order valence-corrected chi connectivity index (χ0v) is 21.6. The van der Waals surface area contributed by atoms with Crippen LogP contribution in [0.1, 0.15) is 25.7 Å². The Morgan fingerprint density at radius 3 is 2.17 bits per heavy atom. The van der Waals surface area contributed by atoms with Gasteiger partial charge >= 0.3 is 0 Å². The van der Waals surface area contributed by atoms with E-state index in [1.165, 1.54) is 12.1 Å². The van der Waals surface area contributed by atoms with Crippen LogP contribution in [-0.2, 0) is 0 Å². The summed E-state index contributed by atoms with van der Waals surface area (Å²) in [6.45, 7) is 3.10. The molecule has 2 atom stereocenters. The average Bonchev–Trinajstić information content (AvgIpc) is 3.42. The highest BCUT2D eigenvalue weighted by Crippen LogP contribution is 2.33. The van der Waals surface area contributed by atoms with Gasteiger partial charge in [0, 0.05) is 37.8 Å². The Hall–Kier alpha value is -2.98. The molecule has 2 aliphatic rings. The number of likely N-dealkylation sites (N-methyl/N-ethyl adjacent to an activating group) is 2. The second kappa shape index (κ2) is 10.6. The Balaban J connectivity index is 1.44. The van der Waals surface area contributed by atoms with Gasteiger partial charge in [0.1, 0.15) is 12.4 Å². The molecule has 36 heavy (non-hydrogen) atoms. The maximum absolute atomic E-state index is 15.2. The Labute approximate surface area is 211 Å². The molecule has 4 rings (SSSR count). The van der Waals surface area contributed by atoms with Crippen molar-refractivity contribution in [2.45, 2.75) is 37.8 Å². The van der Waals surface area contributed by atoms with E-state index in [1.807, 2.05) is 45.2 Å². The van der Waals surface area contributed by atoms with Crippen LogP contribution in [0.2, 0.25) is 0 Å². The lowest BCUT2D eigenvalue weighted by molar-refractivity contribution is -0.869. The molecule has 0 saturated carbocycles. The van der Waals surface area contributed by atoms with E-state index < -0.39 is 10.7 Å². The van der Waals surface area contributed by atoms with Crippen LogP contribution in [0, 0.1) is 21.7 Å². The third-order valence-electron chi connectivity index (χ3n) is 7.14. The van der Waals surface area contributed by atoms with Gasteiger partial charge in [-0.15, -0.1) is 0 Å². The molecule has 0 aromatic heterocycles. The van der Waals surface area contributed by atoms with Crippen LogP contribution in [0.3, 0.4) is 0 Å². The fraction of sp³-hybridized carbons (Fsp3) is 0.538. The van der Waals surface area contributed by atoms with Gasteiger partial charge in [0.25, 0.3) is 5.69 Å². The third-order valence-corrected chi connectivity index (χ3v) is 7.14. The monoisotopic (exact) mass is 503 g/mol. The minimum absolute atomic E-state index is 0.0453. The smallest absolute Gasteiger partial charge is 0.272 e. The lowest BCUT2D eigenvalue weighted by atomic mass is 10.1. The van der Waals surface area contributed by atoms with Crippen molar-refractivity contribution in [3.05, 3.63) is 58.1 Å². The Morgan fingerprint density at radius 1 is 1.00 bits per heavy atom. The van der Waals surface area contributed by atoms with E-state index in [-0.39, 0.29) is 17.5 Å². The number of hydrogen-bond acceptors (Lipinski definition) is 6. The molecular weight excluding hydrogens is 466 g/mol. The fourth-order valence-corrected chi connectivity index (χ4v) is 5.68. The molecule has 2 fully saturated rings. The van der Waals surface area contributed by atoms with Crippen molar-refractivity contribution in [1.29, 1.82) is 0 Å². The van der Waals surface area contributed by atoms with Gasteiger partial charge in [-0.05, 0) is 58.0 Å². The number of non-ortho nitro benzene ring substituents is 1. The van der Waals surface area contributed by atoms with Gasteiger partial charge in [-0.2, -0.15) is 0 Å². The van der Waals surface area contributed by atoms with Crippen molar-refractivity contribution in [2.24, 2.45) is 0 Å². The molecule has 2 aliphatic heterocycles. The summed E-state index contributed by atoms with van der Waals surface area (Å²) in [7, 11) is 8.09. The number of nitrogens with one attached hydrogen (secondary N) is 1. The first-order chi connectivity index (χ1) is 17.0. The number of nitrogens with zero attached hydrogens (tertiary/aromatic N) is 5. The number of rotatable bonds is 9. The first-order valence-corrected chi connectivity index (χ1v) is 12.6. The van der Waals surface area contributed by atoms with Crippen LogP contribution >= 0.6 is 0 Å². The molecule has 2 heterocycles. The standard InChI is InChI=1S/C26H37F2N6O2/c1-30(2)17-21-7-5-13-31(21)25-11-9-19(15-23(25)27)29-34(3,4)18-22-8-6-14-32(22)26-12-10-20(33(35)36)16-24(26)28/h9-12,15-16,21-22,29H,5-8,13-14,17-18H2,1-4H3/q+1. The zero-order chi connectivity index (χ0) is 26.0. The van der Waals surface area contributed by atoms with Crippen molar-refractivity contribution in [2.75, 3.05) is 69.6 Å². The van der Waals surface area contributed by atoms with Gasteiger partial charge in [-0.25, -0.2) is 18.8 Å². The van der Waals surface area contributed by atoms with E-state index in [4.69, 9.17) is 0 Å². The van der Waals surface area contributed by atoms with Gasteiger partial charge in [0.2, 0.25) is 0 Å². The summed E-state index contributed by atoms with van der Waals surface area (Å²) in [5, 5.41) is 11.0. The Kier molecular flexibility index (Phi) is 7.65. The van der Waals surface area contributed by atoms with E-state index in [0.717, 1.165) is 44.8 Å². The lowest BCUT2D eigenvalue weighted by Crippen LogP contribution is -2.52. The summed E-state index contributed by atoms with van der Waals surface area (Å²) in [5.74, 6) is -0.817. The normalized spacial score (nSPS) is 20.4. The number of nitro benzene ring substituents is 1. The van der Waals surface area contributed by atoms with E-state index in [9.17, 15) is 14.5 Å². The molecule has 196 valence electrons. The van der Waals surface area contributed by atoms with E-state index in [0.29, 0.717) is 40.8 Å². The van der Waals surface area contributed by atoms with Gasteiger partial charge in [0.15, 0.2) is 5.82 Å². The van der Waals surface area contributed by atoms with Crippen LogP contribution in [0.15, 0.2) is 36.4 Å². The molecule has 0 radical (unpaired) electrons. The van der Waals surface area contributed by atoms with Gasteiger partial charge in [-0.1, -0.05) is 0 Å². The quantitative estimate of drug-likeness (QED) is 0.309. The molecule has 8 nitrogen and oxygen atoms in total. The van der Waals surface area contributed by atoms with Gasteiger partial charge in [-0.3, -0.25) is 10.1 Å². The minimum atomic E-state index is -0.589. The molecule has 0 bridgehead atoms. The number of halogens is 2. The molecular formula is C26H37F2N6O2+. The Morgan fingerprint density at radius 2 is 1.58 bits per heavy atom. The molecule has 1 N–H and O–H groups in total. The van der Waals surface area contributed by atoms with E-state index in [2.05, 4.69) is 15.2 Å². The summed E-state index contributed by atoms with van der Waals surface area (Å²) in [5.41, 5.74) is 4.89. The molecule has 2 unspecified atom stereocenters. The average molecular weight is 504 g/mol. The highest BCUT2D eigenvalue weighted by Gasteiger charge is 2.34. The lowest BCUT2D eigenvalue weighted by Gasteiger charge is -2.36. The zero-order valence-electron chi connectivity index (χ0n) is 21.6. The maximum atomic E-state index is 15.2. The third kappa shape index (κ3) is 5.87. The molecule has 0 aliphatic carbocycles. The van der Waals surface area contributed by atoms with Crippen LogP contribution in [0.5, 0.6) is 0 Å². The fourth-order valence-electron chi connectivity index (χ4n) is 5.68. The second-order valence-electron chi connectivity index (χ2n) is 10.8. The van der Waals surface area contributed by atoms with Crippen LogP contribution in [0.4, 0.5) is 31.5 Å². The van der Waals surface area contributed by atoms with Gasteiger partial charge < -0.3 is 14.7 Å². The molecule has 2 aromatic rings. The van der Waals surface area contributed by atoms with Crippen molar-refractivity contribution < 1.29 is 18.3 Å². The first kappa shape index (κ1) is 26.1. The predicted octanol–water partition coefficient (Wildman–Crippen LogP) is 4.48. The summed E-state index contributed by atoms with van der Waals surface area (Å²) in [4.78, 5) is 16.7. The number of hydrogen-bond donors (Lipinski definition) is 1. The number of anilines is 3. The summed E-state index contributed by atoms with van der Waals surface area (Å²) in [6.07, 6.45) is 3.92. The predicted molar refractivity (Wildman–Crippen MR) is 139 cm³/mol. The SMILES string of the molecule is CN(C)CC1CCCN1c1ccc(N[N+](C)(C)CC2CCCN2c2ccc([N+](=O)[O-])cc2F)cc1F. The molecule has 0 amide bonds. The van der Waals surface area contributed by atoms with Crippen LogP contribution in [0.25, 0.3) is 0 Å². The molecule has 2 aromatic carbocycles. The largest absolute Gasteiger partial charge is 0.365 e. The number of quaternary nitrogens is 1. The van der Waals surface area contributed by atoms with Crippen molar-refractivity contribution in [1.82, 2.24) is 4.90 Å². The number of benzene rings is 2. The summed E-state index contributed by atoms with van der Waals surface area (Å²) < 4.78 is 30.3. The molecule has 10 heteroatoms. The summed E-state index contributed by atoms with van der Waals surface area (Å²) in [6, 6.07) is 9.53. The highest BCUT2D eigenvalue weighted by molar-refractivity contribution is 5.57. The van der Waals surface area contributed by atoms with Crippen LogP contribution in [-0.4, -0.2) is 80.9 Å². The van der Waals surface area contributed by atoms with Crippen molar-refractivity contribution >= 4 is 22.7 Å². The van der Waals surface area contributed by atoms with E-state index >= 15 is 4.39 Å². The number of nitro groups is 1. The van der Waals surface area contributed by atoms with E-state index in [1.54, 1.807) is 6.07 Å². The van der Waals surface area contributed by atoms with Crippen molar-refractivity contribution in [3.8, 4) is 0 Å².